The molecule has 1 aliphatic rings. The number of hydrogen-bond donors (Lipinski definition) is 1. The predicted molar refractivity (Wildman–Crippen MR) is 131 cm³/mol. The van der Waals surface area contributed by atoms with Gasteiger partial charge >= 0.3 is 0 Å². The third kappa shape index (κ3) is 4.85. The second-order valence-electron chi connectivity index (χ2n) is 7.58. The Labute approximate surface area is 190 Å². The van der Waals surface area contributed by atoms with Crippen LogP contribution in [0.3, 0.4) is 0 Å². The standard InChI is InChI=1S/C23H26N4O2S2/c1-3-12-27-22(29)19-11-15-30-21(19)25-23(27)31-16(2)20(28)24-17-7-9-18(10-8-17)26-13-5-4-6-14-26/h3,7-11,15-16H,1,4-6,12-14H2,2H3,(H,24,28). The average molecular weight is 455 g/mol. The number of nitrogens with zero attached hydrogens (tertiary/aromatic N) is 3. The predicted octanol–water partition coefficient (Wildman–Crippen LogP) is 4.75. The number of thioether (sulfide) groups is 1. The van der Waals surface area contributed by atoms with Crippen molar-refractivity contribution in [1.82, 2.24) is 9.55 Å². The van der Waals surface area contributed by atoms with Gasteiger partial charge in [-0.25, -0.2) is 4.98 Å². The van der Waals surface area contributed by atoms with E-state index in [1.165, 1.54) is 48.0 Å². The van der Waals surface area contributed by atoms with E-state index in [2.05, 4.69) is 33.9 Å². The summed E-state index contributed by atoms with van der Waals surface area (Å²) in [5.41, 5.74) is 1.86. The van der Waals surface area contributed by atoms with E-state index < -0.39 is 5.25 Å². The van der Waals surface area contributed by atoms with E-state index in [0.717, 1.165) is 18.8 Å². The molecule has 162 valence electrons. The molecule has 31 heavy (non-hydrogen) atoms. The van der Waals surface area contributed by atoms with Crippen molar-refractivity contribution in [3.8, 4) is 0 Å². The second-order valence-corrected chi connectivity index (χ2v) is 9.78. The van der Waals surface area contributed by atoms with Gasteiger partial charge in [0.25, 0.3) is 5.56 Å². The van der Waals surface area contributed by atoms with Gasteiger partial charge in [-0.3, -0.25) is 14.2 Å². The molecule has 0 bridgehead atoms. The van der Waals surface area contributed by atoms with Crippen LogP contribution in [0.1, 0.15) is 26.2 Å². The molecule has 1 saturated heterocycles. The summed E-state index contributed by atoms with van der Waals surface area (Å²) >= 11 is 2.71. The van der Waals surface area contributed by atoms with Crippen molar-refractivity contribution >= 4 is 50.6 Å². The van der Waals surface area contributed by atoms with Crippen LogP contribution in [0.5, 0.6) is 0 Å². The largest absolute Gasteiger partial charge is 0.372 e. The number of benzene rings is 1. The summed E-state index contributed by atoms with van der Waals surface area (Å²) in [4.78, 5) is 33.3. The highest BCUT2D eigenvalue weighted by Gasteiger charge is 2.20. The molecule has 1 aliphatic heterocycles. The highest BCUT2D eigenvalue weighted by Crippen LogP contribution is 2.26. The van der Waals surface area contributed by atoms with Crippen molar-refractivity contribution in [3.63, 3.8) is 0 Å². The van der Waals surface area contributed by atoms with Crippen LogP contribution in [0, 0.1) is 0 Å². The number of carbonyl (C=O) groups excluding carboxylic acids is 1. The van der Waals surface area contributed by atoms with Crippen LogP contribution < -0.4 is 15.8 Å². The third-order valence-corrected chi connectivity index (χ3v) is 7.26. The highest BCUT2D eigenvalue weighted by molar-refractivity contribution is 8.00. The van der Waals surface area contributed by atoms with Gasteiger partial charge in [0.05, 0.1) is 10.6 Å². The zero-order valence-corrected chi connectivity index (χ0v) is 19.2. The Morgan fingerprint density at radius 1 is 1.26 bits per heavy atom. The molecule has 8 heteroatoms. The number of aromatic nitrogens is 2. The molecule has 0 spiro atoms. The van der Waals surface area contributed by atoms with E-state index in [9.17, 15) is 9.59 Å². The summed E-state index contributed by atoms with van der Waals surface area (Å²) in [5.74, 6) is -0.124. The smallest absolute Gasteiger partial charge is 0.263 e. The Morgan fingerprint density at radius 3 is 2.71 bits per heavy atom. The number of rotatable bonds is 7. The minimum absolute atomic E-state index is 0.102. The molecule has 3 aromatic rings. The molecule has 6 nitrogen and oxygen atoms in total. The molecule has 4 rings (SSSR count). The lowest BCUT2D eigenvalue weighted by Gasteiger charge is -2.28. The maximum atomic E-state index is 12.8. The van der Waals surface area contributed by atoms with Crippen LogP contribution in [0.15, 0.2) is 58.3 Å². The zero-order chi connectivity index (χ0) is 21.8. The van der Waals surface area contributed by atoms with Crippen LogP contribution in [-0.2, 0) is 11.3 Å². The quantitative estimate of drug-likeness (QED) is 0.317. The number of anilines is 2. The summed E-state index contributed by atoms with van der Waals surface area (Å²) in [6.07, 6.45) is 5.43. The molecule has 1 N–H and O–H groups in total. The lowest BCUT2D eigenvalue weighted by molar-refractivity contribution is -0.115. The van der Waals surface area contributed by atoms with Crippen LogP contribution in [0.25, 0.3) is 10.2 Å². The third-order valence-electron chi connectivity index (χ3n) is 5.37. The number of nitrogens with one attached hydrogen (secondary N) is 1. The van der Waals surface area contributed by atoms with E-state index in [0.29, 0.717) is 21.9 Å². The van der Waals surface area contributed by atoms with Crippen molar-refractivity contribution in [3.05, 3.63) is 58.7 Å². The van der Waals surface area contributed by atoms with Crippen molar-refractivity contribution in [2.24, 2.45) is 0 Å². The molecule has 0 saturated carbocycles. The first-order valence-corrected chi connectivity index (χ1v) is 12.2. The van der Waals surface area contributed by atoms with Gasteiger partial charge in [0.15, 0.2) is 5.16 Å². The first kappa shape index (κ1) is 21.6. The summed E-state index contributed by atoms with van der Waals surface area (Å²) in [7, 11) is 0. The van der Waals surface area contributed by atoms with Gasteiger partial charge in [0.2, 0.25) is 5.91 Å². The highest BCUT2D eigenvalue weighted by atomic mass is 32.2. The van der Waals surface area contributed by atoms with Gasteiger partial charge in [-0.05, 0) is 61.9 Å². The van der Waals surface area contributed by atoms with Crippen LogP contribution in [-0.4, -0.2) is 33.8 Å². The van der Waals surface area contributed by atoms with Gasteiger partial charge in [-0.1, -0.05) is 17.8 Å². The number of thiophene rings is 1. The van der Waals surface area contributed by atoms with Gasteiger partial charge in [0, 0.05) is 31.0 Å². The van der Waals surface area contributed by atoms with E-state index in [1.54, 1.807) is 16.7 Å². The molecular weight excluding hydrogens is 428 g/mol. The molecule has 1 fully saturated rings. The topological polar surface area (TPSA) is 67.2 Å². The summed E-state index contributed by atoms with van der Waals surface area (Å²) < 4.78 is 1.57. The number of fused-ring (bicyclic) bond motifs is 1. The Hall–Kier alpha value is -2.58. The SMILES string of the molecule is C=CCn1c(SC(C)C(=O)Nc2ccc(N3CCCCC3)cc2)nc2sccc2c1=O. The number of carbonyl (C=O) groups is 1. The maximum Gasteiger partial charge on any atom is 0.263 e. The Bertz CT molecular complexity index is 1130. The minimum Gasteiger partial charge on any atom is -0.372 e. The Morgan fingerprint density at radius 2 is 2.00 bits per heavy atom. The molecule has 3 heterocycles. The van der Waals surface area contributed by atoms with Crippen molar-refractivity contribution in [2.75, 3.05) is 23.3 Å². The van der Waals surface area contributed by atoms with E-state index in [-0.39, 0.29) is 11.5 Å². The van der Waals surface area contributed by atoms with Crippen molar-refractivity contribution < 1.29 is 4.79 Å². The molecule has 1 unspecified atom stereocenters. The molecule has 0 aliphatic carbocycles. The normalized spacial score (nSPS) is 15.1. The molecule has 2 aromatic heterocycles. The Kier molecular flexibility index (Phi) is 6.77. The fourth-order valence-electron chi connectivity index (χ4n) is 3.67. The van der Waals surface area contributed by atoms with E-state index in [1.807, 2.05) is 24.4 Å². The molecule has 0 radical (unpaired) electrons. The van der Waals surface area contributed by atoms with Gasteiger partial charge in [0.1, 0.15) is 4.83 Å². The molecular formula is C23H26N4O2S2. The Balaban J connectivity index is 1.45. The number of allylic oxidation sites excluding steroid dienone is 1. The zero-order valence-electron chi connectivity index (χ0n) is 17.5. The lowest BCUT2D eigenvalue weighted by atomic mass is 10.1. The van der Waals surface area contributed by atoms with Crippen LogP contribution in [0.4, 0.5) is 11.4 Å². The summed E-state index contributed by atoms with van der Waals surface area (Å²) in [5, 5.41) is 5.55. The molecule has 1 atom stereocenters. The first-order chi connectivity index (χ1) is 15.1. The van der Waals surface area contributed by atoms with Gasteiger partial charge in [-0.2, -0.15) is 0 Å². The first-order valence-electron chi connectivity index (χ1n) is 10.5. The fourth-order valence-corrected chi connectivity index (χ4v) is 5.40. The van der Waals surface area contributed by atoms with Crippen LogP contribution >= 0.6 is 23.1 Å². The fraction of sp³-hybridized carbons (Fsp3) is 0.348. The second kappa shape index (κ2) is 9.70. The average Bonchev–Trinajstić information content (AvgIpc) is 3.26. The van der Waals surface area contributed by atoms with E-state index in [4.69, 9.17) is 0 Å². The number of amides is 1. The lowest BCUT2D eigenvalue weighted by Crippen LogP contribution is -2.29. The van der Waals surface area contributed by atoms with Crippen molar-refractivity contribution in [2.45, 2.75) is 43.1 Å². The van der Waals surface area contributed by atoms with Crippen molar-refractivity contribution in [1.29, 1.82) is 0 Å². The maximum absolute atomic E-state index is 12.8. The molecule has 1 amide bonds. The van der Waals surface area contributed by atoms with E-state index >= 15 is 0 Å². The van der Waals surface area contributed by atoms with Gasteiger partial charge < -0.3 is 10.2 Å². The van der Waals surface area contributed by atoms with Gasteiger partial charge in [-0.15, -0.1) is 17.9 Å². The minimum atomic E-state index is -0.415. The monoisotopic (exact) mass is 454 g/mol. The van der Waals surface area contributed by atoms with Crippen LogP contribution in [0.2, 0.25) is 0 Å². The number of hydrogen-bond acceptors (Lipinski definition) is 6. The summed E-state index contributed by atoms with van der Waals surface area (Å²) in [6.45, 7) is 8.10. The summed E-state index contributed by atoms with van der Waals surface area (Å²) in [6, 6.07) is 9.80. The molecule has 1 aromatic carbocycles. The number of piperidine rings is 1.